The quantitative estimate of drug-likeness (QED) is 0.508. The Hall–Kier alpha value is -3.04. The largest absolute Gasteiger partial charge is 0.485 e. The number of benzene rings is 2. The molecule has 3 rings (SSSR count). The van der Waals surface area contributed by atoms with E-state index >= 15 is 0 Å². The Bertz CT molecular complexity index is 1410. The van der Waals surface area contributed by atoms with Crippen LogP contribution in [0.25, 0.3) is 0 Å². The number of sulfonamides is 2. The van der Waals surface area contributed by atoms with E-state index in [1.165, 1.54) is 18.2 Å². The lowest BCUT2D eigenvalue weighted by atomic mass is 10.2. The van der Waals surface area contributed by atoms with Crippen molar-refractivity contribution >= 4 is 37.5 Å². The molecule has 0 aliphatic carbocycles. The molecular formula is C23H28F3N3O7S2. The van der Waals surface area contributed by atoms with Gasteiger partial charge in [-0.15, -0.1) is 0 Å². The molecule has 1 aliphatic rings. The van der Waals surface area contributed by atoms with Crippen molar-refractivity contribution < 1.29 is 44.3 Å². The SMILES string of the molecule is CCNS(=O)(=O)CC1CN(S(=O)(=O)c2cccc(C(F)(F)F)c2)c2cc(NC(=O)OC(C)(C)C)ccc2O1. The number of carbonyl (C=O) groups is 1. The number of hydrogen-bond acceptors (Lipinski definition) is 7. The van der Waals surface area contributed by atoms with E-state index in [0.717, 1.165) is 22.5 Å². The second-order valence-corrected chi connectivity index (χ2v) is 13.1. The highest BCUT2D eigenvalue weighted by Gasteiger charge is 2.38. The summed E-state index contributed by atoms with van der Waals surface area (Å²) in [6.45, 7) is 6.09. The van der Waals surface area contributed by atoms with Gasteiger partial charge in [-0.2, -0.15) is 13.2 Å². The molecule has 0 spiro atoms. The number of fused-ring (bicyclic) bond motifs is 1. The fourth-order valence-electron chi connectivity index (χ4n) is 3.61. The van der Waals surface area contributed by atoms with Crippen LogP contribution in [0.15, 0.2) is 47.4 Å². The van der Waals surface area contributed by atoms with Crippen LogP contribution in [0.4, 0.5) is 29.3 Å². The maximum absolute atomic E-state index is 13.6. The monoisotopic (exact) mass is 579 g/mol. The lowest BCUT2D eigenvalue weighted by Gasteiger charge is -2.35. The van der Waals surface area contributed by atoms with Gasteiger partial charge in [0.15, 0.2) is 0 Å². The zero-order valence-electron chi connectivity index (χ0n) is 21.0. The average molecular weight is 580 g/mol. The van der Waals surface area contributed by atoms with Crippen LogP contribution in [-0.2, 0) is 31.0 Å². The number of ether oxygens (including phenoxy) is 2. The summed E-state index contributed by atoms with van der Waals surface area (Å²) in [5.74, 6) is -0.648. The van der Waals surface area contributed by atoms with E-state index in [2.05, 4.69) is 10.0 Å². The lowest BCUT2D eigenvalue weighted by Crippen LogP contribution is -2.47. The Kier molecular flexibility index (Phi) is 8.24. The van der Waals surface area contributed by atoms with E-state index in [0.29, 0.717) is 6.07 Å². The van der Waals surface area contributed by atoms with Gasteiger partial charge in [0.25, 0.3) is 10.0 Å². The molecule has 1 amide bonds. The highest BCUT2D eigenvalue weighted by molar-refractivity contribution is 7.93. The molecule has 15 heteroatoms. The second kappa shape index (κ2) is 10.6. The molecule has 0 fully saturated rings. The summed E-state index contributed by atoms with van der Waals surface area (Å²) in [5, 5.41) is 2.46. The molecule has 10 nitrogen and oxygen atoms in total. The third kappa shape index (κ3) is 7.29. The topological polar surface area (TPSA) is 131 Å². The molecule has 0 bridgehead atoms. The third-order valence-corrected chi connectivity index (χ3v) is 8.37. The molecule has 0 aromatic heterocycles. The van der Waals surface area contributed by atoms with Gasteiger partial charge in [0.1, 0.15) is 23.2 Å². The molecule has 1 aliphatic heterocycles. The standard InChI is InChI=1S/C23H28F3N3O7S2/c1-5-27-37(31,32)14-17-13-29(38(33,34)18-8-6-7-15(11-18)23(24,25)26)19-12-16(9-10-20(19)35-17)28-21(30)36-22(2,3)4/h6-12,17,27H,5,13-14H2,1-4H3,(H,28,30). The Morgan fingerprint density at radius 1 is 1.11 bits per heavy atom. The summed E-state index contributed by atoms with van der Waals surface area (Å²) in [6.07, 6.45) is -6.80. The first-order valence-corrected chi connectivity index (χ1v) is 14.5. The fourth-order valence-corrected chi connectivity index (χ4v) is 6.37. The summed E-state index contributed by atoms with van der Waals surface area (Å²) in [5.41, 5.74) is -1.97. The number of nitrogens with one attached hydrogen (secondary N) is 2. The maximum atomic E-state index is 13.6. The van der Waals surface area contributed by atoms with Crippen molar-refractivity contribution in [1.29, 1.82) is 0 Å². The van der Waals surface area contributed by atoms with Gasteiger partial charge in [0.2, 0.25) is 10.0 Å². The van der Waals surface area contributed by atoms with Gasteiger partial charge >= 0.3 is 12.3 Å². The summed E-state index contributed by atoms with van der Waals surface area (Å²) in [7, 11) is -8.49. The van der Waals surface area contributed by atoms with Crippen LogP contribution >= 0.6 is 0 Å². The van der Waals surface area contributed by atoms with Crippen LogP contribution in [0.3, 0.4) is 0 Å². The highest BCUT2D eigenvalue weighted by atomic mass is 32.2. The van der Waals surface area contributed by atoms with Gasteiger partial charge < -0.3 is 9.47 Å². The number of anilines is 2. The van der Waals surface area contributed by atoms with Crippen molar-refractivity contribution in [3.63, 3.8) is 0 Å². The Balaban J connectivity index is 2.06. The van der Waals surface area contributed by atoms with Gasteiger partial charge in [-0.25, -0.2) is 26.4 Å². The molecule has 0 saturated heterocycles. The van der Waals surface area contributed by atoms with Gasteiger partial charge in [-0.05, 0) is 57.2 Å². The predicted molar refractivity (Wildman–Crippen MR) is 134 cm³/mol. The van der Waals surface area contributed by atoms with Crippen LogP contribution in [0, 0.1) is 0 Å². The first-order valence-electron chi connectivity index (χ1n) is 11.4. The predicted octanol–water partition coefficient (Wildman–Crippen LogP) is 3.95. The maximum Gasteiger partial charge on any atom is 0.416 e. The Morgan fingerprint density at radius 3 is 2.39 bits per heavy atom. The Morgan fingerprint density at radius 2 is 1.79 bits per heavy atom. The molecule has 38 heavy (non-hydrogen) atoms. The molecule has 0 radical (unpaired) electrons. The van der Waals surface area contributed by atoms with Crippen LogP contribution < -0.4 is 19.1 Å². The van der Waals surface area contributed by atoms with Crippen molar-refractivity contribution in [1.82, 2.24) is 4.72 Å². The molecule has 2 N–H and O–H groups in total. The summed E-state index contributed by atoms with van der Waals surface area (Å²) in [6, 6.07) is 7.16. The number of amides is 1. The fraction of sp³-hybridized carbons (Fsp3) is 0.435. The van der Waals surface area contributed by atoms with Crippen molar-refractivity contribution in [2.45, 2.75) is 50.5 Å². The third-order valence-electron chi connectivity index (χ3n) is 5.05. The average Bonchev–Trinajstić information content (AvgIpc) is 2.76. The summed E-state index contributed by atoms with van der Waals surface area (Å²) in [4.78, 5) is 11.6. The van der Waals surface area contributed by atoms with Crippen LogP contribution in [0.5, 0.6) is 5.75 Å². The first kappa shape index (κ1) is 29.5. The minimum absolute atomic E-state index is 0.0433. The second-order valence-electron chi connectivity index (χ2n) is 9.39. The highest BCUT2D eigenvalue weighted by Crippen LogP contribution is 2.40. The van der Waals surface area contributed by atoms with Crippen molar-refractivity contribution in [2.75, 3.05) is 28.5 Å². The molecule has 0 saturated carbocycles. The lowest BCUT2D eigenvalue weighted by molar-refractivity contribution is -0.137. The van der Waals surface area contributed by atoms with Crippen LogP contribution in [0.1, 0.15) is 33.3 Å². The molecule has 2 aromatic carbocycles. The molecule has 1 atom stereocenters. The number of carbonyl (C=O) groups excluding carboxylic acids is 1. The van der Waals surface area contributed by atoms with Crippen molar-refractivity contribution in [2.24, 2.45) is 0 Å². The number of hydrogen-bond donors (Lipinski definition) is 2. The van der Waals surface area contributed by atoms with Crippen molar-refractivity contribution in [3.8, 4) is 5.75 Å². The number of halogens is 3. The van der Waals surface area contributed by atoms with E-state index in [1.54, 1.807) is 27.7 Å². The van der Waals surface area contributed by atoms with E-state index in [1.807, 2.05) is 0 Å². The van der Waals surface area contributed by atoms with Gasteiger partial charge in [0.05, 0.1) is 22.7 Å². The zero-order chi connectivity index (χ0) is 28.5. The summed E-state index contributed by atoms with van der Waals surface area (Å²) >= 11 is 0. The minimum atomic E-state index is -4.79. The van der Waals surface area contributed by atoms with Gasteiger partial charge in [0, 0.05) is 12.2 Å². The Labute approximate surface area is 219 Å². The normalized spacial score (nSPS) is 16.4. The molecule has 1 unspecified atom stereocenters. The van der Waals surface area contributed by atoms with Gasteiger partial charge in [-0.1, -0.05) is 13.0 Å². The number of nitrogens with zero attached hydrogens (tertiary/aromatic N) is 1. The summed E-state index contributed by atoms with van der Waals surface area (Å²) < 4.78 is 106. The molecule has 2 aromatic rings. The minimum Gasteiger partial charge on any atom is -0.485 e. The van der Waals surface area contributed by atoms with E-state index in [9.17, 15) is 34.8 Å². The van der Waals surface area contributed by atoms with Crippen molar-refractivity contribution in [3.05, 3.63) is 48.0 Å². The molecular weight excluding hydrogens is 551 g/mol. The van der Waals surface area contributed by atoms with E-state index < -0.39 is 66.8 Å². The molecule has 1 heterocycles. The van der Waals surface area contributed by atoms with E-state index in [-0.39, 0.29) is 23.7 Å². The zero-order valence-corrected chi connectivity index (χ0v) is 22.6. The van der Waals surface area contributed by atoms with Gasteiger partial charge in [-0.3, -0.25) is 9.62 Å². The van der Waals surface area contributed by atoms with E-state index in [4.69, 9.17) is 9.47 Å². The smallest absolute Gasteiger partial charge is 0.416 e. The molecule has 210 valence electrons. The number of rotatable bonds is 7. The van der Waals surface area contributed by atoms with Crippen LogP contribution in [0.2, 0.25) is 0 Å². The first-order chi connectivity index (χ1) is 17.4. The number of alkyl halides is 3. The van der Waals surface area contributed by atoms with Crippen LogP contribution in [-0.4, -0.2) is 53.5 Å².